The summed E-state index contributed by atoms with van der Waals surface area (Å²) in [5, 5.41) is 15.2. The minimum atomic E-state index is -4.18. The van der Waals surface area contributed by atoms with Gasteiger partial charge in [0, 0.05) is 24.6 Å². The molecule has 0 aromatic carbocycles. The van der Waals surface area contributed by atoms with Gasteiger partial charge in [-0.15, -0.1) is 0 Å². The standard InChI is InChI=1S/C16H25F3N2O2/c17-16(18,19)11-2-1-3-12(7-11)20-15(23)21-14-10-5-4-9(6-10)13(14)8-22/h9-14,22H,1-8H2,(H2,20,21,23). The third-order valence-corrected chi connectivity index (χ3v) is 6.07. The van der Waals surface area contributed by atoms with Crippen molar-refractivity contribution in [1.82, 2.24) is 10.6 Å². The Morgan fingerprint density at radius 1 is 1.04 bits per heavy atom. The van der Waals surface area contributed by atoms with Crippen molar-refractivity contribution >= 4 is 6.03 Å². The van der Waals surface area contributed by atoms with E-state index in [1.54, 1.807) is 0 Å². The SMILES string of the molecule is O=C(NC1CCCC(C(F)(F)F)C1)NC1C2CCC(C2)C1CO. The van der Waals surface area contributed by atoms with E-state index in [0.717, 1.165) is 19.3 Å². The maximum atomic E-state index is 12.8. The zero-order valence-corrected chi connectivity index (χ0v) is 13.1. The van der Waals surface area contributed by atoms with Crippen molar-refractivity contribution in [2.45, 2.75) is 63.2 Å². The van der Waals surface area contributed by atoms with Crippen LogP contribution in [-0.2, 0) is 0 Å². The highest BCUT2D eigenvalue weighted by Gasteiger charge is 2.48. The van der Waals surface area contributed by atoms with Crippen LogP contribution in [0.15, 0.2) is 0 Å². The number of carbonyl (C=O) groups excluding carboxylic acids is 1. The van der Waals surface area contributed by atoms with E-state index in [2.05, 4.69) is 10.6 Å². The number of amides is 2. The summed E-state index contributed by atoms with van der Waals surface area (Å²) in [6, 6.07) is -0.837. The van der Waals surface area contributed by atoms with Crippen LogP contribution in [0, 0.1) is 23.7 Å². The van der Waals surface area contributed by atoms with E-state index in [4.69, 9.17) is 0 Å². The predicted octanol–water partition coefficient (Wildman–Crippen LogP) is 2.81. The summed E-state index contributed by atoms with van der Waals surface area (Å²) >= 11 is 0. The fourth-order valence-electron chi connectivity index (χ4n) is 4.89. The number of hydrogen-bond acceptors (Lipinski definition) is 2. The molecule has 3 fully saturated rings. The van der Waals surface area contributed by atoms with Crippen molar-refractivity contribution in [2.24, 2.45) is 23.7 Å². The second-order valence-corrected chi connectivity index (χ2v) is 7.43. The van der Waals surface area contributed by atoms with Gasteiger partial charge in [-0.05, 0) is 50.4 Å². The molecule has 3 rings (SSSR count). The highest BCUT2D eigenvalue weighted by atomic mass is 19.4. The lowest BCUT2D eigenvalue weighted by molar-refractivity contribution is -0.183. The lowest BCUT2D eigenvalue weighted by Gasteiger charge is -2.33. The molecule has 0 heterocycles. The molecule has 2 bridgehead atoms. The Kier molecular flexibility index (Phi) is 4.76. The minimum absolute atomic E-state index is 0.0307. The summed E-state index contributed by atoms with van der Waals surface area (Å²) in [6.07, 6.45) is 0.235. The van der Waals surface area contributed by atoms with Crippen LogP contribution in [0.25, 0.3) is 0 Å². The van der Waals surface area contributed by atoms with Gasteiger partial charge < -0.3 is 15.7 Å². The number of alkyl halides is 3. The largest absolute Gasteiger partial charge is 0.396 e. The smallest absolute Gasteiger partial charge is 0.391 e. The molecule has 3 aliphatic carbocycles. The lowest BCUT2D eigenvalue weighted by Crippen LogP contribution is -2.52. The van der Waals surface area contributed by atoms with Gasteiger partial charge in [0.2, 0.25) is 0 Å². The second-order valence-electron chi connectivity index (χ2n) is 7.43. The number of halogens is 3. The van der Waals surface area contributed by atoms with Gasteiger partial charge in [0.25, 0.3) is 0 Å². The van der Waals surface area contributed by atoms with Gasteiger partial charge in [0.1, 0.15) is 0 Å². The Hall–Kier alpha value is -0.980. The summed E-state index contributed by atoms with van der Waals surface area (Å²) in [5.41, 5.74) is 0. The second kappa shape index (κ2) is 6.49. The number of urea groups is 1. The molecule has 23 heavy (non-hydrogen) atoms. The van der Waals surface area contributed by atoms with Crippen molar-refractivity contribution < 1.29 is 23.1 Å². The molecule has 7 heteroatoms. The van der Waals surface area contributed by atoms with Gasteiger partial charge in [-0.25, -0.2) is 4.79 Å². The Labute approximate surface area is 134 Å². The van der Waals surface area contributed by atoms with Gasteiger partial charge in [-0.2, -0.15) is 13.2 Å². The monoisotopic (exact) mass is 334 g/mol. The average molecular weight is 334 g/mol. The van der Waals surface area contributed by atoms with Crippen LogP contribution in [-0.4, -0.2) is 36.0 Å². The first-order valence-corrected chi connectivity index (χ1v) is 8.63. The summed E-state index contributed by atoms with van der Waals surface area (Å²) in [6.45, 7) is 0.0612. The quantitative estimate of drug-likeness (QED) is 0.743. The third kappa shape index (κ3) is 3.59. The molecule has 0 saturated heterocycles. The fourth-order valence-corrected chi connectivity index (χ4v) is 4.89. The number of aliphatic hydroxyl groups is 1. The van der Waals surface area contributed by atoms with Crippen molar-refractivity contribution in [2.75, 3.05) is 6.61 Å². The number of hydrogen-bond donors (Lipinski definition) is 3. The molecular weight excluding hydrogens is 309 g/mol. The molecule has 0 aromatic rings. The van der Waals surface area contributed by atoms with Crippen LogP contribution in [0.4, 0.5) is 18.0 Å². The topological polar surface area (TPSA) is 61.4 Å². The molecule has 0 aliphatic heterocycles. The van der Waals surface area contributed by atoms with E-state index < -0.39 is 18.1 Å². The highest BCUT2D eigenvalue weighted by Crippen LogP contribution is 2.48. The first-order valence-electron chi connectivity index (χ1n) is 8.63. The molecule has 132 valence electrons. The highest BCUT2D eigenvalue weighted by molar-refractivity contribution is 5.74. The number of aliphatic hydroxyl groups excluding tert-OH is 1. The lowest BCUT2D eigenvalue weighted by atomic mass is 9.84. The predicted molar refractivity (Wildman–Crippen MR) is 78.7 cm³/mol. The van der Waals surface area contributed by atoms with Gasteiger partial charge in [0.05, 0.1) is 5.92 Å². The van der Waals surface area contributed by atoms with Gasteiger partial charge in [0.15, 0.2) is 0 Å². The summed E-state index contributed by atoms with van der Waals surface area (Å²) in [7, 11) is 0. The molecule has 6 atom stereocenters. The molecule has 0 aromatic heterocycles. The number of fused-ring (bicyclic) bond motifs is 2. The van der Waals surface area contributed by atoms with Crippen LogP contribution in [0.3, 0.4) is 0 Å². The van der Waals surface area contributed by atoms with Crippen LogP contribution >= 0.6 is 0 Å². The minimum Gasteiger partial charge on any atom is -0.396 e. The Bertz CT molecular complexity index is 444. The zero-order valence-electron chi connectivity index (χ0n) is 13.1. The van der Waals surface area contributed by atoms with E-state index in [1.165, 1.54) is 0 Å². The molecule has 4 nitrogen and oxygen atoms in total. The van der Waals surface area contributed by atoms with E-state index in [-0.39, 0.29) is 37.4 Å². The Morgan fingerprint density at radius 3 is 2.48 bits per heavy atom. The molecule has 3 saturated carbocycles. The van der Waals surface area contributed by atoms with Crippen molar-refractivity contribution in [3.8, 4) is 0 Å². The first kappa shape index (κ1) is 16.9. The number of nitrogens with one attached hydrogen (secondary N) is 2. The summed E-state index contributed by atoms with van der Waals surface area (Å²) in [4.78, 5) is 12.2. The molecule has 3 N–H and O–H groups in total. The van der Waals surface area contributed by atoms with E-state index in [9.17, 15) is 23.1 Å². The molecular formula is C16H25F3N2O2. The van der Waals surface area contributed by atoms with E-state index in [1.807, 2.05) is 0 Å². The van der Waals surface area contributed by atoms with Crippen molar-refractivity contribution in [3.05, 3.63) is 0 Å². The molecule has 2 amide bonds. The maximum absolute atomic E-state index is 12.8. The molecule has 3 aliphatic rings. The average Bonchev–Trinajstić information content (AvgIpc) is 3.07. The van der Waals surface area contributed by atoms with Crippen LogP contribution < -0.4 is 10.6 Å². The summed E-state index contributed by atoms with van der Waals surface area (Å²) < 4.78 is 38.5. The first-order chi connectivity index (χ1) is 10.9. The normalized spacial score (nSPS) is 40.2. The van der Waals surface area contributed by atoms with E-state index in [0.29, 0.717) is 24.7 Å². The maximum Gasteiger partial charge on any atom is 0.391 e. The Balaban J connectivity index is 1.51. The zero-order chi connectivity index (χ0) is 16.6. The van der Waals surface area contributed by atoms with E-state index >= 15 is 0 Å². The molecule has 6 unspecified atom stereocenters. The van der Waals surface area contributed by atoms with Crippen LogP contribution in [0.2, 0.25) is 0 Å². The fraction of sp³-hybridized carbons (Fsp3) is 0.938. The number of carbonyl (C=O) groups is 1. The van der Waals surface area contributed by atoms with Crippen molar-refractivity contribution in [3.63, 3.8) is 0 Å². The third-order valence-electron chi connectivity index (χ3n) is 6.07. The van der Waals surface area contributed by atoms with Crippen LogP contribution in [0.1, 0.15) is 44.9 Å². The van der Waals surface area contributed by atoms with Gasteiger partial charge in [-0.1, -0.05) is 6.42 Å². The Morgan fingerprint density at radius 2 is 1.78 bits per heavy atom. The number of rotatable bonds is 3. The molecule has 0 spiro atoms. The van der Waals surface area contributed by atoms with Crippen LogP contribution in [0.5, 0.6) is 0 Å². The van der Waals surface area contributed by atoms with Gasteiger partial charge in [-0.3, -0.25) is 0 Å². The summed E-state index contributed by atoms with van der Waals surface area (Å²) in [5.74, 6) is -0.347. The van der Waals surface area contributed by atoms with Gasteiger partial charge >= 0.3 is 12.2 Å². The van der Waals surface area contributed by atoms with Crippen molar-refractivity contribution in [1.29, 1.82) is 0 Å². The molecule has 0 radical (unpaired) electrons.